The van der Waals surface area contributed by atoms with Crippen molar-refractivity contribution in [2.24, 2.45) is 5.92 Å². The van der Waals surface area contributed by atoms with Crippen LogP contribution in [0.1, 0.15) is 18.9 Å². The summed E-state index contributed by atoms with van der Waals surface area (Å²) in [5.74, 6) is -1.52. The van der Waals surface area contributed by atoms with Crippen LogP contribution in [0.2, 0.25) is 5.02 Å². The molecule has 3 aromatic rings. The Morgan fingerprint density at radius 3 is 2.85 bits per heavy atom. The van der Waals surface area contributed by atoms with Gasteiger partial charge in [-0.1, -0.05) is 24.6 Å². The fourth-order valence-electron chi connectivity index (χ4n) is 3.28. The van der Waals surface area contributed by atoms with Gasteiger partial charge < -0.3 is 14.4 Å². The minimum atomic E-state index is -0.967. The molecule has 0 radical (unpaired) electrons. The van der Waals surface area contributed by atoms with E-state index in [1.54, 1.807) is 18.2 Å². The molecule has 1 saturated heterocycles. The molecule has 6 nitrogen and oxygen atoms in total. The average molecular weight is 385 g/mol. The van der Waals surface area contributed by atoms with Gasteiger partial charge in [-0.05, 0) is 42.3 Å². The van der Waals surface area contributed by atoms with E-state index in [0.717, 1.165) is 17.5 Å². The zero-order valence-electron chi connectivity index (χ0n) is 14.6. The Labute approximate surface area is 160 Å². The van der Waals surface area contributed by atoms with Gasteiger partial charge in [0.1, 0.15) is 5.52 Å². The van der Waals surface area contributed by atoms with E-state index >= 15 is 0 Å². The lowest BCUT2D eigenvalue weighted by Gasteiger charge is -2.17. The highest BCUT2D eigenvalue weighted by Crippen LogP contribution is 2.35. The van der Waals surface area contributed by atoms with Crippen molar-refractivity contribution in [2.45, 2.75) is 19.8 Å². The zero-order chi connectivity index (χ0) is 19.1. The minimum absolute atomic E-state index is 0.00399. The topological polar surface area (TPSA) is 83.6 Å². The highest BCUT2D eigenvalue weighted by Gasteiger charge is 2.35. The quantitative estimate of drug-likeness (QED) is 0.730. The molecule has 1 aliphatic rings. The van der Waals surface area contributed by atoms with Crippen LogP contribution < -0.4 is 4.90 Å². The monoisotopic (exact) mass is 384 g/mol. The Balaban J connectivity index is 1.73. The predicted octanol–water partition coefficient (Wildman–Crippen LogP) is 4.15. The maximum Gasteiger partial charge on any atom is 0.308 e. The molecule has 2 aromatic carbocycles. The lowest BCUT2D eigenvalue weighted by Crippen LogP contribution is -2.25. The minimum Gasteiger partial charge on any atom is -0.481 e. The van der Waals surface area contributed by atoms with Crippen molar-refractivity contribution in [1.29, 1.82) is 0 Å². The Bertz CT molecular complexity index is 1060. The molecule has 1 N–H and O–H groups in total. The number of nitrogens with zero attached hydrogens (tertiary/aromatic N) is 2. The summed E-state index contributed by atoms with van der Waals surface area (Å²) in [6, 6.07) is 10.9. The van der Waals surface area contributed by atoms with Crippen molar-refractivity contribution in [2.75, 3.05) is 11.4 Å². The molecule has 0 bridgehead atoms. The van der Waals surface area contributed by atoms with Crippen molar-refractivity contribution in [3.63, 3.8) is 0 Å². The summed E-state index contributed by atoms with van der Waals surface area (Å²) in [6.07, 6.45) is 0.895. The molecule has 27 heavy (non-hydrogen) atoms. The number of benzene rings is 2. The molecule has 7 heteroatoms. The van der Waals surface area contributed by atoms with Gasteiger partial charge in [0, 0.05) is 18.7 Å². The van der Waals surface area contributed by atoms with E-state index in [4.69, 9.17) is 16.0 Å². The number of aryl methyl sites for hydroxylation is 1. The zero-order valence-corrected chi connectivity index (χ0v) is 15.4. The van der Waals surface area contributed by atoms with E-state index in [9.17, 15) is 14.7 Å². The van der Waals surface area contributed by atoms with E-state index in [1.165, 1.54) is 4.90 Å². The van der Waals surface area contributed by atoms with E-state index in [2.05, 4.69) is 11.9 Å². The second-order valence-electron chi connectivity index (χ2n) is 6.58. The van der Waals surface area contributed by atoms with Gasteiger partial charge in [0.2, 0.25) is 11.8 Å². The first-order valence-corrected chi connectivity index (χ1v) is 9.06. The van der Waals surface area contributed by atoms with E-state index in [-0.39, 0.29) is 18.9 Å². The lowest BCUT2D eigenvalue weighted by molar-refractivity contribution is -0.141. The summed E-state index contributed by atoms with van der Waals surface area (Å²) in [5, 5.41) is 9.62. The van der Waals surface area contributed by atoms with Crippen LogP contribution in [-0.4, -0.2) is 28.5 Å². The number of hydrogen-bond donors (Lipinski definition) is 1. The van der Waals surface area contributed by atoms with Crippen LogP contribution in [0.4, 0.5) is 5.69 Å². The molecule has 1 aliphatic heterocycles. The van der Waals surface area contributed by atoms with Gasteiger partial charge in [-0.3, -0.25) is 9.59 Å². The van der Waals surface area contributed by atoms with Crippen LogP contribution in [0, 0.1) is 5.92 Å². The smallest absolute Gasteiger partial charge is 0.308 e. The van der Waals surface area contributed by atoms with E-state index in [0.29, 0.717) is 27.7 Å². The molecule has 0 saturated carbocycles. The second-order valence-corrected chi connectivity index (χ2v) is 6.99. The number of carboxylic acid groups (broad SMARTS) is 1. The molecule has 138 valence electrons. The van der Waals surface area contributed by atoms with Crippen LogP contribution in [0.25, 0.3) is 22.6 Å². The van der Waals surface area contributed by atoms with Crippen molar-refractivity contribution < 1.29 is 19.1 Å². The number of halogens is 1. The van der Waals surface area contributed by atoms with Gasteiger partial charge in [0.05, 0.1) is 16.5 Å². The Kier molecular flexibility index (Phi) is 4.36. The largest absolute Gasteiger partial charge is 0.481 e. The number of fused-ring (bicyclic) bond motifs is 1. The summed E-state index contributed by atoms with van der Waals surface area (Å²) in [5.41, 5.74) is 3.71. The molecule has 1 aromatic heterocycles. The fourth-order valence-corrected chi connectivity index (χ4v) is 3.47. The summed E-state index contributed by atoms with van der Waals surface area (Å²) in [7, 11) is 0. The summed E-state index contributed by atoms with van der Waals surface area (Å²) < 4.78 is 5.85. The molecule has 4 rings (SSSR count). The van der Waals surface area contributed by atoms with Crippen molar-refractivity contribution >= 4 is 40.3 Å². The molecule has 1 fully saturated rings. The number of aromatic nitrogens is 1. The van der Waals surface area contributed by atoms with Crippen LogP contribution in [0.5, 0.6) is 0 Å². The standard InChI is InChI=1S/C20H17ClN2O4/c1-2-11-3-6-17-16(7-11)22-19(27-17)14-9-13(4-5-15(14)21)23-10-12(20(25)26)8-18(23)24/h3-7,9,12H,2,8,10H2,1H3,(H,25,26)/t12-/m0/s1. The maximum absolute atomic E-state index is 12.2. The summed E-state index contributed by atoms with van der Waals surface area (Å²) in [6.45, 7) is 2.21. The van der Waals surface area contributed by atoms with Crippen molar-refractivity contribution in [3.8, 4) is 11.5 Å². The van der Waals surface area contributed by atoms with Crippen LogP contribution >= 0.6 is 11.6 Å². The Morgan fingerprint density at radius 2 is 2.15 bits per heavy atom. The summed E-state index contributed by atoms with van der Waals surface area (Å²) >= 11 is 6.34. The SMILES string of the molecule is CCc1ccc2oc(-c3cc(N4C[C@@H](C(=O)O)CC4=O)ccc3Cl)nc2c1. The van der Waals surface area contributed by atoms with Crippen molar-refractivity contribution in [1.82, 2.24) is 4.98 Å². The number of amides is 1. The van der Waals surface area contributed by atoms with Gasteiger partial charge in [-0.2, -0.15) is 0 Å². The number of carbonyl (C=O) groups excluding carboxylic acids is 1. The number of rotatable bonds is 4. The third kappa shape index (κ3) is 3.17. The third-order valence-corrected chi connectivity index (χ3v) is 5.16. The lowest BCUT2D eigenvalue weighted by atomic mass is 10.1. The second kappa shape index (κ2) is 6.70. The van der Waals surface area contributed by atoms with Crippen molar-refractivity contribution in [3.05, 3.63) is 47.0 Å². The number of aliphatic carboxylic acids is 1. The fraction of sp³-hybridized carbons (Fsp3) is 0.250. The molecule has 0 unspecified atom stereocenters. The normalized spacial score (nSPS) is 17.0. The Hall–Kier alpha value is -2.86. The first kappa shape index (κ1) is 17.5. The van der Waals surface area contributed by atoms with Gasteiger partial charge >= 0.3 is 5.97 Å². The average Bonchev–Trinajstić information content (AvgIpc) is 3.25. The molecular formula is C20H17ClN2O4. The molecule has 1 amide bonds. The number of oxazole rings is 1. The van der Waals surface area contributed by atoms with Gasteiger partial charge in [0.15, 0.2) is 5.58 Å². The van der Waals surface area contributed by atoms with E-state index in [1.807, 2.05) is 18.2 Å². The molecule has 0 spiro atoms. The third-order valence-electron chi connectivity index (χ3n) is 4.83. The van der Waals surface area contributed by atoms with Gasteiger partial charge in [-0.15, -0.1) is 0 Å². The van der Waals surface area contributed by atoms with Gasteiger partial charge in [-0.25, -0.2) is 4.98 Å². The molecule has 0 aliphatic carbocycles. The first-order chi connectivity index (χ1) is 13.0. The van der Waals surface area contributed by atoms with Crippen LogP contribution in [0.15, 0.2) is 40.8 Å². The highest BCUT2D eigenvalue weighted by molar-refractivity contribution is 6.33. The molecular weight excluding hydrogens is 368 g/mol. The number of hydrogen-bond acceptors (Lipinski definition) is 4. The predicted molar refractivity (Wildman–Crippen MR) is 102 cm³/mol. The Morgan fingerprint density at radius 1 is 1.33 bits per heavy atom. The number of anilines is 1. The van der Waals surface area contributed by atoms with E-state index < -0.39 is 11.9 Å². The van der Waals surface area contributed by atoms with Gasteiger partial charge in [0.25, 0.3) is 0 Å². The molecule has 1 atom stereocenters. The first-order valence-electron chi connectivity index (χ1n) is 8.69. The van der Waals surface area contributed by atoms with Crippen LogP contribution in [0.3, 0.4) is 0 Å². The molecule has 2 heterocycles. The number of carboxylic acids is 1. The number of carbonyl (C=O) groups is 2. The van der Waals surface area contributed by atoms with Crippen LogP contribution in [-0.2, 0) is 16.0 Å². The highest BCUT2D eigenvalue weighted by atomic mass is 35.5. The summed E-state index contributed by atoms with van der Waals surface area (Å²) in [4.78, 5) is 29.4. The maximum atomic E-state index is 12.2.